The number of amides is 2. The number of carbonyl (C=O) groups is 3. The summed E-state index contributed by atoms with van der Waals surface area (Å²) in [6, 6.07) is 20.5. The summed E-state index contributed by atoms with van der Waals surface area (Å²) in [6.45, 7) is 5.87. The number of carbonyl (C=O) groups excluding carboxylic acids is 3. The average molecular weight is 565 g/mol. The van der Waals surface area contributed by atoms with Crippen LogP contribution < -0.4 is 20.1 Å². The van der Waals surface area contributed by atoms with Crippen molar-refractivity contribution in [1.82, 2.24) is 0 Å². The van der Waals surface area contributed by atoms with Crippen LogP contribution in [0.1, 0.15) is 38.7 Å². The number of anilines is 2. The van der Waals surface area contributed by atoms with E-state index in [1.54, 1.807) is 72.8 Å². The van der Waals surface area contributed by atoms with Crippen LogP contribution in [0, 0.1) is 11.8 Å². The fourth-order valence-corrected chi connectivity index (χ4v) is 5.53. The third kappa shape index (κ3) is 6.29. The van der Waals surface area contributed by atoms with Gasteiger partial charge in [0, 0.05) is 17.4 Å². The Balaban J connectivity index is 1.77. The minimum Gasteiger partial charge on any atom is -0.492 e. The second-order valence-corrected chi connectivity index (χ2v) is 10.3. The third-order valence-electron chi connectivity index (χ3n) is 6.96. The second-order valence-electron chi connectivity index (χ2n) is 9.87. The van der Waals surface area contributed by atoms with E-state index in [9.17, 15) is 19.5 Å². The van der Waals surface area contributed by atoms with E-state index in [0.717, 1.165) is 0 Å². The maximum Gasteiger partial charge on any atom is 0.235 e. The first-order chi connectivity index (χ1) is 19.2. The standard InChI is InChI=1S/C31H33ClN2O6/c1-4-39-24-15-8-6-13-21(24)33-29(36)27-23(35)18-31(3,38)28(26(27)19-11-10-12-20(32)17-19)30(37)34-22-14-7-9-16-25(22)40-5-2/h6-17,26-28,38H,4-5,18H2,1-3H3,(H,33,36)(H,34,37). The summed E-state index contributed by atoms with van der Waals surface area (Å²) in [5, 5.41) is 17.6. The largest absolute Gasteiger partial charge is 0.492 e. The van der Waals surface area contributed by atoms with Crippen LogP contribution >= 0.6 is 11.6 Å². The maximum absolute atomic E-state index is 14.0. The van der Waals surface area contributed by atoms with Crippen molar-refractivity contribution in [3.63, 3.8) is 0 Å². The molecule has 1 fully saturated rings. The summed E-state index contributed by atoms with van der Waals surface area (Å²) in [6.07, 6.45) is -0.388. The number of Topliss-reactive ketones (excluding diaryl/α,β-unsaturated/α-hetero) is 1. The Bertz CT molecular complexity index is 1390. The molecule has 0 heterocycles. The van der Waals surface area contributed by atoms with Gasteiger partial charge in [0.15, 0.2) is 0 Å². The Hall–Kier alpha value is -3.88. The van der Waals surface area contributed by atoms with Gasteiger partial charge in [-0.3, -0.25) is 14.4 Å². The van der Waals surface area contributed by atoms with Crippen LogP contribution in [0.3, 0.4) is 0 Å². The van der Waals surface area contributed by atoms with Crippen molar-refractivity contribution >= 4 is 40.6 Å². The summed E-state index contributed by atoms with van der Waals surface area (Å²) in [4.78, 5) is 41.3. The monoisotopic (exact) mass is 564 g/mol. The average Bonchev–Trinajstić information content (AvgIpc) is 2.90. The van der Waals surface area contributed by atoms with Crippen molar-refractivity contribution in [2.75, 3.05) is 23.8 Å². The molecule has 4 rings (SSSR count). The van der Waals surface area contributed by atoms with Crippen LogP contribution in [0.25, 0.3) is 0 Å². The molecular weight excluding hydrogens is 532 g/mol. The van der Waals surface area contributed by atoms with Gasteiger partial charge in [-0.15, -0.1) is 0 Å². The number of aliphatic hydroxyl groups is 1. The molecular formula is C31H33ClN2O6. The molecule has 4 atom stereocenters. The van der Waals surface area contributed by atoms with Gasteiger partial charge in [0.05, 0.1) is 36.1 Å². The Morgan fingerprint density at radius 1 is 0.900 bits per heavy atom. The minimum absolute atomic E-state index is 0.372. The highest BCUT2D eigenvalue weighted by molar-refractivity contribution is 6.30. The molecule has 0 aliphatic heterocycles. The number of benzene rings is 3. The number of hydrogen-bond donors (Lipinski definition) is 3. The predicted molar refractivity (Wildman–Crippen MR) is 154 cm³/mol. The van der Waals surface area contributed by atoms with Gasteiger partial charge in [-0.25, -0.2) is 0 Å². The summed E-state index contributed by atoms with van der Waals surface area (Å²) < 4.78 is 11.3. The topological polar surface area (TPSA) is 114 Å². The molecule has 1 saturated carbocycles. The van der Waals surface area contributed by atoms with E-state index in [1.165, 1.54) is 6.92 Å². The van der Waals surface area contributed by atoms with Gasteiger partial charge >= 0.3 is 0 Å². The van der Waals surface area contributed by atoms with E-state index in [1.807, 2.05) is 13.8 Å². The zero-order chi connectivity index (χ0) is 28.9. The lowest BCUT2D eigenvalue weighted by Crippen LogP contribution is -2.56. The lowest BCUT2D eigenvalue weighted by atomic mass is 9.61. The Kier molecular flexibility index (Phi) is 9.12. The summed E-state index contributed by atoms with van der Waals surface area (Å²) in [5.74, 6) is -4.22. The van der Waals surface area contributed by atoms with Crippen molar-refractivity contribution in [2.45, 2.75) is 38.7 Å². The van der Waals surface area contributed by atoms with Gasteiger partial charge in [-0.2, -0.15) is 0 Å². The molecule has 3 aromatic carbocycles. The van der Waals surface area contributed by atoms with Gasteiger partial charge < -0.3 is 25.2 Å². The Morgan fingerprint density at radius 3 is 2.00 bits per heavy atom. The van der Waals surface area contributed by atoms with Crippen molar-refractivity contribution in [3.05, 3.63) is 83.4 Å². The third-order valence-corrected chi connectivity index (χ3v) is 7.19. The lowest BCUT2D eigenvalue weighted by Gasteiger charge is -2.44. The predicted octanol–water partition coefficient (Wildman–Crippen LogP) is 5.45. The molecule has 210 valence electrons. The summed E-state index contributed by atoms with van der Waals surface area (Å²) in [7, 11) is 0. The summed E-state index contributed by atoms with van der Waals surface area (Å²) in [5.41, 5.74) is -0.457. The first-order valence-corrected chi connectivity index (χ1v) is 13.6. The number of hydrogen-bond acceptors (Lipinski definition) is 6. The SMILES string of the molecule is CCOc1ccccc1NC(=O)C1C(=O)CC(C)(O)C(C(=O)Nc2ccccc2OCC)C1c1cccc(Cl)c1. The number of nitrogens with one attached hydrogen (secondary N) is 2. The molecule has 4 unspecified atom stereocenters. The van der Waals surface area contributed by atoms with E-state index < -0.39 is 41.0 Å². The molecule has 3 aromatic rings. The number of ketones is 1. The highest BCUT2D eigenvalue weighted by atomic mass is 35.5. The highest BCUT2D eigenvalue weighted by Crippen LogP contribution is 2.47. The molecule has 8 nitrogen and oxygen atoms in total. The quantitative estimate of drug-likeness (QED) is 0.298. The van der Waals surface area contributed by atoms with E-state index in [0.29, 0.717) is 46.7 Å². The van der Waals surface area contributed by atoms with Crippen molar-refractivity contribution in [2.24, 2.45) is 11.8 Å². The van der Waals surface area contributed by atoms with Crippen LogP contribution in [-0.2, 0) is 14.4 Å². The lowest BCUT2D eigenvalue weighted by molar-refractivity contribution is -0.150. The van der Waals surface area contributed by atoms with Crippen molar-refractivity contribution in [3.8, 4) is 11.5 Å². The van der Waals surface area contributed by atoms with E-state index in [-0.39, 0.29) is 6.42 Å². The van der Waals surface area contributed by atoms with Crippen LogP contribution in [-0.4, -0.2) is 41.5 Å². The smallest absolute Gasteiger partial charge is 0.235 e. The molecule has 0 radical (unpaired) electrons. The van der Waals surface area contributed by atoms with Crippen LogP contribution in [0.15, 0.2) is 72.8 Å². The fraction of sp³-hybridized carbons (Fsp3) is 0.323. The zero-order valence-corrected chi connectivity index (χ0v) is 23.4. The highest BCUT2D eigenvalue weighted by Gasteiger charge is 2.56. The molecule has 40 heavy (non-hydrogen) atoms. The molecule has 0 bridgehead atoms. The van der Waals surface area contributed by atoms with Crippen LogP contribution in [0.5, 0.6) is 11.5 Å². The Morgan fingerprint density at radius 2 is 1.45 bits per heavy atom. The van der Waals surface area contributed by atoms with E-state index in [4.69, 9.17) is 21.1 Å². The molecule has 0 spiro atoms. The fourth-order valence-electron chi connectivity index (χ4n) is 5.33. The van der Waals surface area contributed by atoms with Crippen LogP contribution in [0.4, 0.5) is 11.4 Å². The molecule has 1 aliphatic carbocycles. The molecule has 2 amide bonds. The van der Waals surface area contributed by atoms with Crippen molar-refractivity contribution in [1.29, 1.82) is 0 Å². The van der Waals surface area contributed by atoms with E-state index >= 15 is 0 Å². The minimum atomic E-state index is -1.76. The number of rotatable bonds is 9. The van der Waals surface area contributed by atoms with Gasteiger partial charge in [0.2, 0.25) is 11.8 Å². The normalized spacial score (nSPS) is 22.3. The number of halogens is 1. The van der Waals surface area contributed by atoms with Gasteiger partial charge in [-0.1, -0.05) is 48.0 Å². The molecule has 9 heteroatoms. The van der Waals surface area contributed by atoms with E-state index in [2.05, 4.69) is 10.6 Å². The van der Waals surface area contributed by atoms with Crippen molar-refractivity contribution < 1.29 is 29.0 Å². The molecule has 1 aliphatic rings. The van der Waals surface area contributed by atoms with Gasteiger partial charge in [-0.05, 0) is 62.7 Å². The molecule has 0 aromatic heterocycles. The number of ether oxygens (including phenoxy) is 2. The van der Waals surface area contributed by atoms with Gasteiger partial charge in [0.1, 0.15) is 23.2 Å². The van der Waals surface area contributed by atoms with Crippen LogP contribution in [0.2, 0.25) is 5.02 Å². The first kappa shape index (κ1) is 29.1. The molecule has 0 saturated heterocycles. The Labute approximate surface area is 238 Å². The maximum atomic E-state index is 14.0. The molecule has 3 N–H and O–H groups in total. The second kappa shape index (κ2) is 12.5. The zero-order valence-electron chi connectivity index (χ0n) is 22.6. The summed E-state index contributed by atoms with van der Waals surface area (Å²) >= 11 is 6.32. The first-order valence-electron chi connectivity index (χ1n) is 13.2. The number of para-hydroxylation sites is 4. The van der Waals surface area contributed by atoms with Gasteiger partial charge in [0.25, 0.3) is 0 Å².